The van der Waals surface area contributed by atoms with E-state index in [-0.39, 0.29) is 0 Å². The number of rotatable bonds is 3. The van der Waals surface area contributed by atoms with Gasteiger partial charge in [-0.2, -0.15) is 0 Å². The summed E-state index contributed by atoms with van der Waals surface area (Å²) in [7, 11) is 0. The van der Waals surface area contributed by atoms with Crippen LogP contribution in [0.1, 0.15) is 32.1 Å². The van der Waals surface area contributed by atoms with Gasteiger partial charge in [0.15, 0.2) is 0 Å². The molecule has 0 bridgehead atoms. The Balaban J connectivity index is 2.01. The van der Waals surface area contributed by atoms with E-state index < -0.39 is 0 Å². The van der Waals surface area contributed by atoms with Crippen LogP contribution in [0.15, 0.2) is 0 Å². The first kappa shape index (κ1) is 11.4. The molecule has 3 nitrogen and oxygen atoms in total. The summed E-state index contributed by atoms with van der Waals surface area (Å²) < 4.78 is 10.9. The molecule has 0 unspecified atom stereocenters. The minimum Gasteiger partial charge on any atom is -0.381 e. The quantitative estimate of drug-likeness (QED) is 0.773. The molecule has 0 aromatic heterocycles. The molecule has 88 valence electrons. The van der Waals surface area contributed by atoms with E-state index in [9.17, 15) is 0 Å². The molecule has 2 aliphatic heterocycles. The maximum atomic E-state index is 5.78. The summed E-state index contributed by atoms with van der Waals surface area (Å²) in [6.45, 7) is 4.56. The molecule has 0 spiro atoms. The first-order valence-corrected chi connectivity index (χ1v) is 6.23. The molecule has 0 saturated carbocycles. The lowest BCUT2D eigenvalue weighted by Crippen LogP contribution is -2.41. The molecule has 0 atom stereocenters. The second-order valence-electron chi connectivity index (χ2n) is 4.90. The molecule has 2 saturated heterocycles. The minimum absolute atomic E-state index is 0.469. The van der Waals surface area contributed by atoms with E-state index in [1.165, 1.54) is 32.1 Å². The van der Waals surface area contributed by atoms with Crippen molar-refractivity contribution in [1.82, 2.24) is 0 Å². The Bertz CT molecular complexity index is 179. The Kier molecular flexibility index (Phi) is 4.00. The predicted octanol–water partition coefficient (Wildman–Crippen LogP) is 1.56. The molecular formula is C12H23NO2. The van der Waals surface area contributed by atoms with Gasteiger partial charge in [-0.15, -0.1) is 0 Å². The maximum Gasteiger partial charge on any atom is 0.0471 e. The fourth-order valence-corrected chi connectivity index (χ4v) is 3.24. The van der Waals surface area contributed by atoms with E-state index in [4.69, 9.17) is 15.2 Å². The van der Waals surface area contributed by atoms with Gasteiger partial charge in [0, 0.05) is 26.4 Å². The van der Waals surface area contributed by atoms with Crippen molar-refractivity contribution in [3.8, 4) is 0 Å². The highest BCUT2D eigenvalue weighted by molar-refractivity contribution is 4.89. The third kappa shape index (κ3) is 2.52. The summed E-state index contributed by atoms with van der Waals surface area (Å²) in [5, 5.41) is 0. The van der Waals surface area contributed by atoms with Gasteiger partial charge in [0.1, 0.15) is 0 Å². The largest absolute Gasteiger partial charge is 0.381 e. The van der Waals surface area contributed by atoms with Gasteiger partial charge in [-0.25, -0.2) is 0 Å². The van der Waals surface area contributed by atoms with Crippen LogP contribution in [0.2, 0.25) is 0 Å². The van der Waals surface area contributed by atoms with Crippen molar-refractivity contribution < 1.29 is 9.47 Å². The third-order valence-electron chi connectivity index (χ3n) is 4.22. The molecule has 2 fully saturated rings. The van der Waals surface area contributed by atoms with Gasteiger partial charge in [-0.3, -0.25) is 0 Å². The zero-order valence-electron chi connectivity index (χ0n) is 9.54. The normalized spacial score (nSPS) is 27.8. The summed E-state index contributed by atoms with van der Waals surface area (Å²) in [5.74, 6) is 0.818. The molecule has 2 aliphatic rings. The van der Waals surface area contributed by atoms with Gasteiger partial charge in [0.25, 0.3) is 0 Å². The summed E-state index contributed by atoms with van der Waals surface area (Å²) in [6.07, 6.45) is 6.02. The third-order valence-corrected chi connectivity index (χ3v) is 4.22. The fraction of sp³-hybridized carbons (Fsp3) is 1.00. The van der Waals surface area contributed by atoms with E-state index in [0.717, 1.165) is 38.9 Å². The van der Waals surface area contributed by atoms with Gasteiger partial charge in [-0.05, 0) is 50.0 Å². The van der Waals surface area contributed by atoms with Crippen LogP contribution < -0.4 is 5.73 Å². The van der Waals surface area contributed by atoms with Crippen molar-refractivity contribution in [2.24, 2.45) is 17.1 Å². The highest BCUT2D eigenvalue weighted by Gasteiger charge is 2.39. The van der Waals surface area contributed by atoms with Crippen LogP contribution in [-0.4, -0.2) is 33.0 Å². The van der Waals surface area contributed by atoms with E-state index >= 15 is 0 Å². The molecule has 0 radical (unpaired) electrons. The van der Waals surface area contributed by atoms with Crippen LogP contribution in [0, 0.1) is 11.3 Å². The van der Waals surface area contributed by atoms with Gasteiger partial charge in [-0.1, -0.05) is 0 Å². The van der Waals surface area contributed by atoms with Crippen LogP contribution in [0.25, 0.3) is 0 Å². The Morgan fingerprint density at radius 2 is 1.60 bits per heavy atom. The molecule has 3 heteroatoms. The Morgan fingerprint density at radius 3 is 2.20 bits per heavy atom. The average Bonchev–Trinajstić information content (AvgIpc) is 2.32. The number of ether oxygens (including phenoxy) is 2. The molecule has 15 heavy (non-hydrogen) atoms. The second kappa shape index (κ2) is 5.28. The van der Waals surface area contributed by atoms with Gasteiger partial charge in [0.2, 0.25) is 0 Å². The van der Waals surface area contributed by atoms with Gasteiger partial charge in [0.05, 0.1) is 0 Å². The lowest BCUT2D eigenvalue weighted by Gasteiger charge is -2.45. The summed E-state index contributed by atoms with van der Waals surface area (Å²) in [5.41, 5.74) is 6.25. The number of hydrogen-bond acceptors (Lipinski definition) is 3. The Labute approximate surface area is 92.3 Å². The lowest BCUT2D eigenvalue weighted by atomic mass is 9.65. The topological polar surface area (TPSA) is 44.5 Å². The maximum absolute atomic E-state index is 5.78. The minimum atomic E-state index is 0.469. The zero-order chi connectivity index (χ0) is 10.6. The molecule has 2 heterocycles. The highest BCUT2D eigenvalue weighted by Crippen LogP contribution is 2.45. The van der Waals surface area contributed by atoms with E-state index in [2.05, 4.69) is 0 Å². The lowest BCUT2D eigenvalue weighted by molar-refractivity contribution is -0.0582. The molecule has 0 aromatic carbocycles. The number of nitrogens with two attached hydrogens (primary N) is 1. The average molecular weight is 213 g/mol. The van der Waals surface area contributed by atoms with Crippen LogP contribution in [-0.2, 0) is 9.47 Å². The van der Waals surface area contributed by atoms with Crippen LogP contribution in [0.3, 0.4) is 0 Å². The van der Waals surface area contributed by atoms with E-state index in [1.807, 2.05) is 0 Å². The van der Waals surface area contributed by atoms with Gasteiger partial charge >= 0.3 is 0 Å². The van der Waals surface area contributed by atoms with Crippen molar-refractivity contribution in [2.75, 3.05) is 33.0 Å². The molecule has 2 N–H and O–H groups in total. The standard InChI is InChI=1S/C12H23NO2/c13-6-3-12(4-9-15-10-5-12)11-1-7-14-8-2-11/h11H,1-10,13H2. The van der Waals surface area contributed by atoms with Crippen LogP contribution >= 0.6 is 0 Å². The molecule has 2 rings (SSSR count). The first-order chi connectivity index (χ1) is 7.37. The van der Waals surface area contributed by atoms with Crippen LogP contribution in [0.4, 0.5) is 0 Å². The van der Waals surface area contributed by atoms with Crippen molar-refractivity contribution in [1.29, 1.82) is 0 Å². The fourth-order valence-electron chi connectivity index (χ4n) is 3.24. The van der Waals surface area contributed by atoms with Crippen molar-refractivity contribution >= 4 is 0 Å². The summed E-state index contributed by atoms with van der Waals surface area (Å²) >= 11 is 0. The summed E-state index contributed by atoms with van der Waals surface area (Å²) in [4.78, 5) is 0. The molecule has 0 aromatic rings. The predicted molar refractivity (Wildman–Crippen MR) is 59.7 cm³/mol. The van der Waals surface area contributed by atoms with Gasteiger partial charge < -0.3 is 15.2 Å². The first-order valence-electron chi connectivity index (χ1n) is 6.23. The molecule has 0 amide bonds. The van der Waals surface area contributed by atoms with Crippen molar-refractivity contribution in [3.63, 3.8) is 0 Å². The second-order valence-corrected chi connectivity index (χ2v) is 4.90. The Morgan fingerprint density at radius 1 is 1.00 bits per heavy atom. The molecule has 0 aliphatic carbocycles. The highest BCUT2D eigenvalue weighted by atomic mass is 16.5. The SMILES string of the molecule is NCCC1(C2CCOCC2)CCOCC1. The molecular weight excluding hydrogens is 190 g/mol. The van der Waals surface area contributed by atoms with E-state index in [0.29, 0.717) is 5.41 Å². The van der Waals surface area contributed by atoms with Crippen LogP contribution in [0.5, 0.6) is 0 Å². The summed E-state index contributed by atoms with van der Waals surface area (Å²) in [6, 6.07) is 0. The van der Waals surface area contributed by atoms with E-state index in [1.54, 1.807) is 0 Å². The monoisotopic (exact) mass is 213 g/mol. The van der Waals surface area contributed by atoms with Crippen molar-refractivity contribution in [2.45, 2.75) is 32.1 Å². The van der Waals surface area contributed by atoms with Crippen molar-refractivity contribution in [3.05, 3.63) is 0 Å². The Hall–Kier alpha value is -0.120. The number of hydrogen-bond donors (Lipinski definition) is 1. The smallest absolute Gasteiger partial charge is 0.0471 e. The zero-order valence-corrected chi connectivity index (χ0v) is 9.54.